The van der Waals surface area contributed by atoms with Gasteiger partial charge >= 0.3 is 12.3 Å². The van der Waals surface area contributed by atoms with Crippen molar-refractivity contribution in [2.24, 2.45) is 5.41 Å². The fourth-order valence-electron chi connectivity index (χ4n) is 1.47. The number of halogens is 3. The van der Waals surface area contributed by atoms with Crippen LogP contribution >= 0.6 is 0 Å². The summed E-state index contributed by atoms with van der Waals surface area (Å²) < 4.78 is 39.6. The Morgan fingerprint density at radius 2 is 1.89 bits per heavy atom. The van der Waals surface area contributed by atoms with E-state index in [9.17, 15) is 18.0 Å². The molecule has 0 spiro atoms. The van der Waals surface area contributed by atoms with Crippen LogP contribution in [0.1, 0.15) is 12.5 Å². The summed E-state index contributed by atoms with van der Waals surface area (Å²) in [6.45, 7) is 4.95. The lowest BCUT2D eigenvalue weighted by Gasteiger charge is -2.20. The van der Waals surface area contributed by atoms with Crippen LogP contribution in [0.2, 0.25) is 0 Å². The van der Waals surface area contributed by atoms with Crippen molar-refractivity contribution in [1.82, 2.24) is 0 Å². The number of carbonyl (C=O) groups is 1. The summed E-state index contributed by atoms with van der Waals surface area (Å²) >= 11 is 0. The lowest BCUT2D eigenvalue weighted by molar-refractivity contribution is -0.274. The molecular weight excluding hydrogens is 261 g/mol. The number of carboxylic acid groups (broad SMARTS) is 1. The molecule has 1 rings (SSSR count). The fraction of sp³-hybridized carbons (Fsp3) is 0.308. The molecule has 0 saturated carbocycles. The predicted molar refractivity (Wildman–Crippen MR) is 62.8 cm³/mol. The molecule has 0 saturated heterocycles. The van der Waals surface area contributed by atoms with Crippen molar-refractivity contribution < 1.29 is 27.8 Å². The van der Waals surface area contributed by atoms with Crippen LogP contribution in [0.4, 0.5) is 13.2 Å². The molecule has 0 heterocycles. The van der Waals surface area contributed by atoms with Crippen LogP contribution in [0.25, 0.3) is 0 Å². The van der Waals surface area contributed by atoms with Crippen LogP contribution in [0.15, 0.2) is 36.9 Å². The molecule has 1 unspecified atom stereocenters. The molecule has 1 aromatic rings. The second kappa shape index (κ2) is 5.34. The highest BCUT2D eigenvalue weighted by molar-refractivity contribution is 5.76. The molecule has 0 aromatic heterocycles. The number of aliphatic carboxylic acids is 1. The molecule has 0 bridgehead atoms. The van der Waals surface area contributed by atoms with E-state index in [-0.39, 0.29) is 12.2 Å². The van der Waals surface area contributed by atoms with E-state index in [4.69, 9.17) is 5.11 Å². The van der Waals surface area contributed by atoms with Crippen molar-refractivity contribution in [2.45, 2.75) is 19.7 Å². The summed E-state index contributed by atoms with van der Waals surface area (Å²) in [5, 5.41) is 9.06. The molecular formula is C13H13F3O3. The lowest BCUT2D eigenvalue weighted by Crippen LogP contribution is -2.27. The molecule has 0 aliphatic rings. The third-order valence-corrected chi connectivity index (χ3v) is 2.67. The SMILES string of the molecule is C=CC(C)(Cc1ccc(OC(F)(F)F)cc1)C(=O)O. The highest BCUT2D eigenvalue weighted by Gasteiger charge is 2.32. The molecule has 1 atom stereocenters. The summed E-state index contributed by atoms with van der Waals surface area (Å²) in [7, 11) is 0. The third-order valence-electron chi connectivity index (χ3n) is 2.67. The number of benzene rings is 1. The molecule has 3 nitrogen and oxygen atoms in total. The van der Waals surface area contributed by atoms with Crippen LogP contribution in [-0.2, 0) is 11.2 Å². The number of hydrogen-bond donors (Lipinski definition) is 1. The molecule has 0 fully saturated rings. The first-order chi connectivity index (χ1) is 8.66. The highest BCUT2D eigenvalue weighted by atomic mass is 19.4. The number of rotatable bonds is 5. The zero-order chi connectivity index (χ0) is 14.7. The summed E-state index contributed by atoms with van der Waals surface area (Å²) in [6.07, 6.45) is -3.30. The molecule has 0 aliphatic carbocycles. The zero-order valence-corrected chi connectivity index (χ0v) is 10.2. The van der Waals surface area contributed by atoms with Crippen LogP contribution in [0.3, 0.4) is 0 Å². The van der Waals surface area contributed by atoms with Gasteiger partial charge in [0.1, 0.15) is 5.75 Å². The lowest BCUT2D eigenvalue weighted by atomic mass is 9.84. The average molecular weight is 274 g/mol. The van der Waals surface area contributed by atoms with Gasteiger partial charge in [0.15, 0.2) is 0 Å². The van der Waals surface area contributed by atoms with E-state index in [0.29, 0.717) is 5.56 Å². The van der Waals surface area contributed by atoms with Gasteiger partial charge in [-0.25, -0.2) is 0 Å². The first-order valence-corrected chi connectivity index (χ1v) is 5.38. The van der Waals surface area contributed by atoms with Gasteiger partial charge in [-0.1, -0.05) is 18.2 Å². The van der Waals surface area contributed by atoms with Crippen molar-refractivity contribution in [3.8, 4) is 5.75 Å². The van der Waals surface area contributed by atoms with Gasteiger partial charge in [0.2, 0.25) is 0 Å². The third kappa shape index (κ3) is 4.31. The molecule has 1 N–H and O–H groups in total. The first-order valence-electron chi connectivity index (χ1n) is 5.38. The van der Waals surface area contributed by atoms with Gasteiger partial charge in [0.25, 0.3) is 0 Å². The maximum Gasteiger partial charge on any atom is 0.573 e. The quantitative estimate of drug-likeness (QED) is 0.837. The molecule has 19 heavy (non-hydrogen) atoms. The summed E-state index contributed by atoms with van der Waals surface area (Å²) in [4.78, 5) is 11.1. The Kier molecular flexibility index (Phi) is 4.24. The van der Waals surface area contributed by atoms with Crippen LogP contribution in [0, 0.1) is 5.41 Å². The van der Waals surface area contributed by atoms with E-state index in [1.807, 2.05) is 0 Å². The Balaban J connectivity index is 2.83. The molecule has 0 radical (unpaired) electrons. The van der Waals surface area contributed by atoms with Crippen LogP contribution in [0.5, 0.6) is 5.75 Å². The molecule has 0 amide bonds. The molecule has 1 aromatic carbocycles. The highest BCUT2D eigenvalue weighted by Crippen LogP contribution is 2.27. The first kappa shape index (κ1) is 15.1. The smallest absolute Gasteiger partial charge is 0.481 e. The van der Waals surface area contributed by atoms with Gasteiger partial charge < -0.3 is 9.84 Å². The number of hydrogen-bond acceptors (Lipinski definition) is 2. The fourth-order valence-corrected chi connectivity index (χ4v) is 1.47. The Morgan fingerprint density at radius 1 is 1.37 bits per heavy atom. The Bertz CT molecular complexity index is 465. The number of ether oxygens (including phenoxy) is 1. The second-order valence-corrected chi connectivity index (χ2v) is 4.30. The topological polar surface area (TPSA) is 46.5 Å². The minimum atomic E-state index is -4.74. The molecule has 104 valence electrons. The number of carboxylic acids is 1. The van der Waals surface area contributed by atoms with Crippen molar-refractivity contribution in [3.63, 3.8) is 0 Å². The maximum atomic E-state index is 12.0. The Hall–Kier alpha value is -1.98. The van der Waals surface area contributed by atoms with Crippen LogP contribution < -0.4 is 4.74 Å². The van der Waals surface area contributed by atoms with Gasteiger partial charge in [-0.3, -0.25) is 4.79 Å². The van der Waals surface area contributed by atoms with Gasteiger partial charge in [-0.2, -0.15) is 0 Å². The van der Waals surface area contributed by atoms with Crippen molar-refractivity contribution >= 4 is 5.97 Å². The van der Waals surface area contributed by atoms with Crippen molar-refractivity contribution in [2.75, 3.05) is 0 Å². The van der Waals surface area contributed by atoms with E-state index < -0.39 is 17.7 Å². The monoisotopic (exact) mass is 274 g/mol. The minimum absolute atomic E-state index is 0.137. The summed E-state index contributed by atoms with van der Waals surface area (Å²) in [6, 6.07) is 5.08. The van der Waals surface area contributed by atoms with E-state index in [1.54, 1.807) is 0 Å². The van der Waals surface area contributed by atoms with Crippen molar-refractivity contribution in [1.29, 1.82) is 0 Å². The van der Waals surface area contributed by atoms with E-state index in [0.717, 1.165) is 12.1 Å². The van der Waals surface area contributed by atoms with Crippen molar-refractivity contribution in [3.05, 3.63) is 42.5 Å². The molecule has 0 aliphatic heterocycles. The Labute approximate surface area is 108 Å². The van der Waals surface area contributed by atoms with Crippen LogP contribution in [-0.4, -0.2) is 17.4 Å². The average Bonchev–Trinajstić information content (AvgIpc) is 2.29. The van der Waals surface area contributed by atoms with E-state index in [1.165, 1.54) is 25.1 Å². The Morgan fingerprint density at radius 3 is 2.26 bits per heavy atom. The standard InChI is InChI=1S/C13H13F3O3/c1-3-12(2,11(17)18)8-9-4-6-10(7-5-9)19-13(14,15)16/h3-7H,1,8H2,2H3,(H,17,18). The summed E-state index contributed by atoms with van der Waals surface area (Å²) in [5.41, 5.74) is -0.578. The maximum absolute atomic E-state index is 12.0. The second-order valence-electron chi connectivity index (χ2n) is 4.30. The van der Waals surface area contributed by atoms with E-state index >= 15 is 0 Å². The normalized spacial score (nSPS) is 14.5. The van der Waals surface area contributed by atoms with Gasteiger partial charge in [-0.15, -0.1) is 19.8 Å². The zero-order valence-electron chi connectivity index (χ0n) is 10.2. The number of alkyl halides is 3. The largest absolute Gasteiger partial charge is 0.573 e. The summed E-state index contributed by atoms with van der Waals surface area (Å²) in [5.74, 6) is -1.38. The van der Waals surface area contributed by atoms with Gasteiger partial charge in [0, 0.05) is 0 Å². The molecule has 6 heteroatoms. The van der Waals surface area contributed by atoms with Gasteiger partial charge in [0.05, 0.1) is 5.41 Å². The van der Waals surface area contributed by atoms with E-state index in [2.05, 4.69) is 11.3 Å². The minimum Gasteiger partial charge on any atom is -0.481 e. The van der Waals surface area contributed by atoms with Gasteiger partial charge in [-0.05, 0) is 31.0 Å². The predicted octanol–water partition coefficient (Wildman–Crippen LogP) is 3.40.